The number of aliphatic imine (C=N–C) groups is 1. The summed E-state index contributed by atoms with van der Waals surface area (Å²) in [7, 11) is -3.01. The van der Waals surface area contributed by atoms with Gasteiger partial charge in [0.2, 0.25) is 5.91 Å². The molecule has 10 heteroatoms. The molecular weight excluding hydrogens is 409 g/mol. The van der Waals surface area contributed by atoms with Gasteiger partial charge in [0.1, 0.15) is 5.82 Å². The third-order valence-electron chi connectivity index (χ3n) is 5.30. The van der Waals surface area contributed by atoms with Crippen LogP contribution < -0.4 is 15.5 Å². The predicted octanol–water partition coefficient (Wildman–Crippen LogP) is 0.607. The first-order chi connectivity index (χ1) is 14.4. The molecule has 2 aliphatic heterocycles. The van der Waals surface area contributed by atoms with Crippen LogP contribution in [0.4, 0.5) is 10.1 Å². The number of hydrogen-bond donors (Lipinski definition) is 2. The van der Waals surface area contributed by atoms with Crippen molar-refractivity contribution in [3.63, 3.8) is 0 Å². The monoisotopic (exact) mass is 439 g/mol. The maximum absolute atomic E-state index is 13.1. The van der Waals surface area contributed by atoms with E-state index in [9.17, 15) is 17.6 Å². The second-order valence-corrected chi connectivity index (χ2v) is 9.83. The van der Waals surface area contributed by atoms with E-state index in [1.807, 2.05) is 6.92 Å². The van der Waals surface area contributed by atoms with Gasteiger partial charge in [-0.05, 0) is 37.6 Å². The molecule has 1 amide bonds. The maximum atomic E-state index is 13.1. The van der Waals surface area contributed by atoms with Crippen LogP contribution in [0.15, 0.2) is 29.3 Å². The molecule has 166 valence electrons. The Hall–Kier alpha value is -2.36. The number of nitrogens with one attached hydrogen (secondary N) is 2. The van der Waals surface area contributed by atoms with Gasteiger partial charge < -0.3 is 20.4 Å². The van der Waals surface area contributed by atoms with Gasteiger partial charge in [-0.1, -0.05) is 0 Å². The van der Waals surface area contributed by atoms with Crippen LogP contribution in [0.3, 0.4) is 0 Å². The summed E-state index contributed by atoms with van der Waals surface area (Å²) >= 11 is 0. The van der Waals surface area contributed by atoms with Crippen molar-refractivity contribution < 1.29 is 17.6 Å². The second-order valence-electron chi connectivity index (χ2n) is 7.60. The highest BCUT2D eigenvalue weighted by Gasteiger charge is 2.28. The van der Waals surface area contributed by atoms with Crippen molar-refractivity contribution in [3.05, 3.63) is 30.1 Å². The highest BCUT2D eigenvalue weighted by Crippen LogP contribution is 2.17. The average molecular weight is 440 g/mol. The maximum Gasteiger partial charge on any atom is 0.222 e. The summed E-state index contributed by atoms with van der Waals surface area (Å²) in [6, 6.07) is 6.24. The van der Waals surface area contributed by atoms with Gasteiger partial charge in [0.15, 0.2) is 15.8 Å². The number of hydrogen-bond acceptors (Lipinski definition) is 5. The Morgan fingerprint density at radius 2 is 1.90 bits per heavy atom. The smallest absolute Gasteiger partial charge is 0.222 e. The zero-order valence-electron chi connectivity index (χ0n) is 17.3. The molecule has 0 radical (unpaired) electrons. The lowest BCUT2D eigenvalue weighted by molar-refractivity contribution is -0.121. The van der Waals surface area contributed by atoms with Crippen LogP contribution in [0.1, 0.15) is 19.8 Å². The van der Waals surface area contributed by atoms with E-state index in [0.29, 0.717) is 13.0 Å². The van der Waals surface area contributed by atoms with Crippen LogP contribution in [0, 0.1) is 5.82 Å². The minimum atomic E-state index is -3.01. The summed E-state index contributed by atoms with van der Waals surface area (Å²) in [5.74, 6) is 0.538. The number of benzene rings is 1. The summed E-state index contributed by atoms with van der Waals surface area (Å²) in [6.45, 7) is 6.20. The van der Waals surface area contributed by atoms with Crippen molar-refractivity contribution in [3.8, 4) is 0 Å². The van der Waals surface area contributed by atoms with E-state index in [-0.39, 0.29) is 35.7 Å². The summed E-state index contributed by atoms with van der Waals surface area (Å²) in [6.07, 6.45) is 0.708. The Bertz CT molecular complexity index is 852. The fourth-order valence-corrected chi connectivity index (χ4v) is 5.40. The molecule has 0 saturated carbocycles. The second kappa shape index (κ2) is 10.1. The Morgan fingerprint density at radius 3 is 2.50 bits per heavy atom. The molecule has 1 atom stereocenters. The minimum absolute atomic E-state index is 0.0307. The number of sulfone groups is 1. The van der Waals surface area contributed by atoms with E-state index in [0.717, 1.165) is 44.4 Å². The van der Waals surface area contributed by atoms with E-state index < -0.39 is 9.84 Å². The van der Waals surface area contributed by atoms with Gasteiger partial charge in [-0.25, -0.2) is 12.8 Å². The number of amides is 1. The van der Waals surface area contributed by atoms with Crippen molar-refractivity contribution in [2.24, 2.45) is 4.99 Å². The Kier molecular flexibility index (Phi) is 7.52. The predicted molar refractivity (Wildman–Crippen MR) is 116 cm³/mol. The average Bonchev–Trinajstić information content (AvgIpc) is 3.06. The van der Waals surface area contributed by atoms with Crippen LogP contribution in [-0.2, 0) is 14.6 Å². The number of halogens is 1. The largest absolute Gasteiger partial charge is 0.368 e. The van der Waals surface area contributed by atoms with Crippen LogP contribution in [0.5, 0.6) is 0 Å². The standard InChI is InChI=1S/C20H30FN5O3S/c1-2-22-20(23-9-7-19(27)24-17-8-14-30(28,29)15-17)26-12-10-25(11-13-26)18-5-3-16(21)4-6-18/h3-6,17H,2,7-15H2,1H3,(H,22,23)(H,24,27). The lowest BCUT2D eigenvalue weighted by atomic mass is 10.2. The molecule has 1 aromatic carbocycles. The van der Waals surface area contributed by atoms with Crippen LogP contribution >= 0.6 is 0 Å². The van der Waals surface area contributed by atoms with Gasteiger partial charge in [0.25, 0.3) is 0 Å². The Morgan fingerprint density at radius 1 is 1.20 bits per heavy atom. The number of anilines is 1. The third kappa shape index (κ3) is 6.32. The van der Waals surface area contributed by atoms with Gasteiger partial charge in [-0.15, -0.1) is 0 Å². The van der Waals surface area contributed by atoms with E-state index in [1.165, 1.54) is 12.1 Å². The highest BCUT2D eigenvalue weighted by atomic mass is 32.2. The zero-order chi connectivity index (χ0) is 21.6. The SMILES string of the molecule is CCNC(=NCCC(=O)NC1CCS(=O)(=O)C1)N1CCN(c2ccc(F)cc2)CC1. The molecule has 1 aromatic rings. The lowest BCUT2D eigenvalue weighted by Crippen LogP contribution is -2.52. The van der Waals surface area contributed by atoms with Crippen molar-refractivity contribution >= 4 is 27.4 Å². The molecule has 1 unspecified atom stereocenters. The molecule has 2 saturated heterocycles. The Labute approximate surface area is 177 Å². The molecule has 0 aliphatic carbocycles. The molecule has 0 spiro atoms. The molecule has 2 aliphatic rings. The molecular formula is C20H30FN5O3S. The molecule has 30 heavy (non-hydrogen) atoms. The number of carbonyl (C=O) groups excluding carboxylic acids is 1. The number of carbonyl (C=O) groups is 1. The molecule has 3 rings (SSSR count). The molecule has 2 heterocycles. The van der Waals surface area contributed by atoms with Crippen molar-refractivity contribution in [1.29, 1.82) is 0 Å². The van der Waals surface area contributed by atoms with Gasteiger partial charge in [0, 0.05) is 50.9 Å². The first kappa shape index (κ1) is 22.3. The number of nitrogens with zero attached hydrogens (tertiary/aromatic N) is 3. The van der Waals surface area contributed by atoms with Gasteiger partial charge >= 0.3 is 0 Å². The first-order valence-electron chi connectivity index (χ1n) is 10.4. The van der Waals surface area contributed by atoms with E-state index in [4.69, 9.17) is 0 Å². The lowest BCUT2D eigenvalue weighted by Gasteiger charge is -2.37. The van der Waals surface area contributed by atoms with Crippen LogP contribution in [0.25, 0.3) is 0 Å². The van der Waals surface area contributed by atoms with Gasteiger partial charge in [0.05, 0.1) is 18.1 Å². The number of rotatable bonds is 6. The first-order valence-corrected chi connectivity index (χ1v) is 12.2. The molecule has 0 aromatic heterocycles. The van der Waals surface area contributed by atoms with Gasteiger partial charge in [-0.2, -0.15) is 0 Å². The van der Waals surface area contributed by atoms with E-state index in [1.54, 1.807) is 12.1 Å². The van der Waals surface area contributed by atoms with Gasteiger partial charge in [-0.3, -0.25) is 9.79 Å². The highest BCUT2D eigenvalue weighted by molar-refractivity contribution is 7.91. The number of piperazine rings is 1. The van der Waals surface area contributed by atoms with Crippen LogP contribution in [0.2, 0.25) is 0 Å². The summed E-state index contributed by atoms with van der Waals surface area (Å²) in [5, 5.41) is 6.06. The van der Waals surface area contributed by atoms with Crippen LogP contribution in [-0.4, -0.2) is 82.0 Å². The van der Waals surface area contributed by atoms with E-state index >= 15 is 0 Å². The summed E-state index contributed by atoms with van der Waals surface area (Å²) < 4.78 is 36.1. The summed E-state index contributed by atoms with van der Waals surface area (Å²) in [4.78, 5) is 21.0. The fourth-order valence-electron chi connectivity index (χ4n) is 3.73. The topological polar surface area (TPSA) is 94.1 Å². The van der Waals surface area contributed by atoms with E-state index in [2.05, 4.69) is 25.4 Å². The van der Waals surface area contributed by atoms with Crippen molar-refractivity contribution in [2.45, 2.75) is 25.8 Å². The fraction of sp³-hybridized carbons (Fsp3) is 0.600. The molecule has 8 nitrogen and oxygen atoms in total. The quantitative estimate of drug-likeness (QED) is 0.498. The number of guanidine groups is 1. The Balaban J connectivity index is 1.47. The minimum Gasteiger partial charge on any atom is -0.368 e. The molecule has 0 bridgehead atoms. The van der Waals surface area contributed by atoms with Crippen molar-refractivity contribution in [1.82, 2.24) is 15.5 Å². The third-order valence-corrected chi connectivity index (χ3v) is 7.07. The molecule has 2 fully saturated rings. The zero-order valence-corrected chi connectivity index (χ0v) is 18.1. The summed E-state index contributed by atoms with van der Waals surface area (Å²) in [5.41, 5.74) is 1.00. The molecule has 2 N–H and O–H groups in total. The normalized spacial score (nSPS) is 21.5. The van der Waals surface area contributed by atoms with Crippen molar-refractivity contribution in [2.75, 3.05) is 55.7 Å².